The normalized spacial score (nSPS) is 14.6. The number of halogens is 2. The number of anilines is 1. The van der Waals surface area contributed by atoms with Gasteiger partial charge in [-0.1, -0.05) is 0 Å². The third-order valence-electron chi connectivity index (χ3n) is 4.02. The molecule has 4 heteroatoms. The van der Waals surface area contributed by atoms with Gasteiger partial charge in [0.25, 0.3) is 0 Å². The SMILES string of the molecule is CCc1c(N(C)C)ccc2c1[CH]([Ti+2])c1ccccc1-2.[Cl-].[Cl-]. The number of fused-ring (bicyclic) bond motifs is 3. The third-order valence-corrected chi connectivity index (χ3v) is 4.95. The number of nitrogens with zero attached hydrogens (tertiary/aromatic N) is 1. The minimum Gasteiger partial charge on any atom is -1.00 e. The van der Waals surface area contributed by atoms with Crippen LogP contribution in [0.3, 0.4) is 0 Å². The summed E-state index contributed by atoms with van der Waals surface area (Å²) in [5.41, 5.74) is 8.74. The Balaban J connectivity index is 0.00000110. The first-order chi connectivity index (χ1) is 9.15. The maximum atomic E-state index is 2.34. The molecule has 0 aromatic heterocycles. The summed E-state index contributed by atoms with van der Waals surface area (Å²) in [6.07, 6.45) is 1.09. The molecule has 1 unspecified atom stereocenters. The topological polar surface area (TPSA) is 3.24 Å². The van der Waals surface area contributed by atoms with Crippen LogP contribution >= 0.6 is 0 Å². The Morgan fingerprint density at radius 3 is 2.29 bits per heavy atom. The predicted molar refractivity (Wildman–Crippen MR) is 77.4 cm³/mol. The molecule has 0 spiro atoms. The predicted octanol–water partition coefficient (Wildman–Crippen LogP) is -2.06. The average molecular weight is 355 g/mol. The summed E-state index contributed by atoms with van der Waals surface area (Å²) in [4.78, 5) is 2.23. The molecule has 109 valence electrons. The van der Waals surface area contributed by atoms with Gasteiger partial charge in [-0.3, -0.25) is 0 Å². The van der Waals surface area contributed by atoms with Crippen LogP contribution in [-0.2, 0) is 26.9 Å². The van der Waals surface area contributed by atoms with Crippen LogP contribution in [0.4, 0.5) is 5.69 Å². The summed E-state index contributed by atoms with van der Waals surface area (Å²) in [6, 6.07) is 13.4. The number of hydrogen-bond acceptors (Lipinski definition) is 1. The minimum atomic E-state index is 0. The Bertz CT molecular complexity index is 641. The van der Waals surface area contributed by atoms with Gasteiger partial charge in [-0.2, -0.15) is 0 Å². The van der Waals surface area contributed by atoms with E-state index in [1.54, 1.807) is 0 Å². The minimum absolute atomic E-state index is 0. The number of hydrogen-bond donors (Lipinski definition) is 0. The zero-order valence-electron chi connectivity index (χ0n) is 12.5. The molecule has 0 saturated carbocycles. The second kappa shape index (κ2) is 7.20. The number of rotatable bonds is 2. The molecule has 2 aromatic rings. The van der Waals surface area contributed by atoms with Crippen molar-refractivity contribution in [3.05, 3.63) is 53.1 Å². The van der Waals surface area contributed by atoms with E-state index in [-0.39, 0.29) is 24.8 Å². The zero-order chi connectivity index (χ0) is 13.6. The zero-order valence-corrected chi connectivity index (χ0v) is 15.5. The molecule has 21 heavy (non-hydrogen) atoms. The Morgan fingerprint density at radius 1 is 1.00 bits per heavy atom. The van der Waals surface area contributed by atoms with Gasteiger partial charge in [0.15, 0.2) is 0 Å². The second-order valence-corrected chi connectivity index (χ2v) is 6.19. The van der Waals surface area contributed by atoms with Crippen LogP contribution in [0.15, 0.2) is 36.4 Å². The molecule has 1 nitrogen and oxygen atoms in total. The van der Waals surface area contributed by atoms with Crippen LogP contribution < -0.4 is 29.7 Å². The van der Waals surface area contributed by atoms with Gasteiger partial charge in [0.1, 0.15) is 0 Å². The summed E-state index contributed by atoms with van der Waals surface area (Å²) in [5.74, 6) is 0. The van der Waals surface area contributed by atoms with Gasteiger partial charge in [-0.05, 0) is 0 Å². The van der Waals surface area contributed by atoms with Gasteiger partial charge < -0.3 is 24.8 Å². The molecule has 0 N–H and O–H groups in total. The first kappa shape index (κ1) is 18.6. The van der Waals surface area contributed by atoms with Crippen molar-refractivity contribution in [1.29, 1.82) is 0 Å². The Labute approximate surface area is 151 Å². The van der Waals surface area contributed by atoms with E-state index in [0.717, 1.165) is 6.42 Å². The van der Waals surface area contributed by atoms with Crippen molar-refractivity contribution in [2.75, 3.05) is 19.0 Å². The largest absolute Gasteiger partial charge is 1.00 e. The molecule has 2 aromatic carbocycles. The Kier molecular flexibility index (Phi) is 6.37. The second-order valence-electron chi connectivity index (χ2n) is 5.29. The van der Waals surface area contributed by atoms with E-state index < -0.39 is 0 Å². The van der Waals surface area contributed by atoms with E-state index in [9.17, 15) is 0 Å². The molecule has 0 radical (unpaired) electrons. The molecule has 0 aliphatic heterocycles. The quantitative estimate of drug-likeness (QED) is 0.561. The molecule has 0 amide bonds. The first-order valence-corrected chi connectivity index (χ1v) is 7.68. The number of benzene rings is 2. The van der Waals surface area contributed by atoms with Crippen LogP contribution in [0.25, 0.3) is 11.1 Å². The Hall–Kier alpha value is -0.466. The van der Waals surface area contributed by atoms with E-state index in [0.29, 0.717) is 4.22 Å². The Morgan fingerprint density at radius 2 is 1.67 bits per heavy atom. The fraction of sp³-hybridized carbons (Fsp3) is 0.294. The summed E-state index contributed by atoms with van der Waals surface area (Å²) in [7, 11) is 4.27. The van der Waals surface area contributed by atoms with Gasteiger partial charge in [-0.15, -0.1) is 0 Å². The van der Waals surface area contributed by atoms with E-state index >= 15 is 0 Å². The maximum Gasteiger partial charge on any atom is -1.00 e. The standard InChI is InChI=1S/C17H18N.2ClH.Ti/c1-4-13-16-11-12-7-5-6-8-14(12)15(16)9-10-17(13)18(2)3;;;/h5-11H,4H2,1-3H3;2*1H;/q;;;+2/p-2. The van der Waals surface area contributed by atoms with E-state index in [4.69, 9.17) is 0 Å². The maximum absolute atomic E-state index is 2.34. The summed E-state index contributed by atoms with van der Waals surface area (Å²) >= 11 is 2.34. The van der Waals surface area contributed by atoms with Crippen molar-refractivity contribution in [3.63, 3.8) is 0 Å². The fourth-order valence-electron chi connectivity index (χ4n) is 3.16. The van der Waals surface area contributed by atoms with E-state index in [2.05, 4.69) is 82.8 Å². The molecule has 3 rings (SSSR count). The fourth-order valence-corrected chi connectivity index (χ4v) is 4.07. The molecule has 0 saturated heterocycles. The van der Waals surface area contributed by atoms with Crippen LogP contribution in [0.2, 0.25) is 0 Å². The molecule has 0 heterocycles. The van der Waals surface area contributed by atoms with E-state index in [1.807, 2.05) is 0 Å². The van der Waals surface area contributed by atoms with Crippen molar-refractivity contribution in [1.82, 2.24) is 0 Å². The van der Waals surface area contributed by atoms with Crippen molar-refractivity contribution < 1.29 is 45.2 Å². The van der Waals surface area contributed by atoms with Crippen molar-refractivity contribution in [2.45, 2.75) is 17.6 Å². The molecule has 0 bridgehead atoms. The van der Waals surface area contributed by atoms with Crippen LogP contribution in [-0.4, -0.2) is 14.1 Å². The van der Waals surface area contributed by atoms with Gasteiger partial charge in [0.05, 0.1) is 0 Å². The van der Waals surface area contributed by atoms with Crippen molar-refractivity contribution >= 4 is 5.69 Å². The van der Waals surface area contributed by atoms with Crippen molar-refractivity contribution in [2.24, 2.45) is 0 Å². The van der Waals surface area contributed by atoms with Crippen molar-refractivity contribution in [3.8, 4) is 11.1 Å². The van der Waals surface area contributed by atoms with Crippen LogP contribution in [0.1, 0.15) is 27.8 Å². The molecule has 0 fully saturated rings. The molecule has 1 aliphatic rings. The summed E-state index contributed by atoms with van der Waals surface area (Å²) < 4.78 is 0.515. The van der Waals surface area contributed by atoms with Gasteiger partial charge in [-0.25, -0.2) is 0 Å². The summed E-state index contributed by atoms with van der Waals surface area (Å²) in [5, 5.41) is 0. The molecule has 1 aliphatic carbocycles. The smallest absolute Gasteiger partial charge is 1.00 e. The van der Waals surface area contributed by atoms with Gasteiger partial charge in [0.2, 0.25) is 0 Å². The average Bonchev–Trinajstić information content (AvgIpc) is 2.72. The first-order valence-electron chi connectivity index (χ1n) is 6.78. The van der Waals surface area contributed by atoms with E-state index in [1.165, 1.54) is 33.5 Å². The van der Waals surface area contributed by atoms with Gasteiger partial charge in [0, 0.05) is 0 Å². The molecular formula is C17H18Cl2NTi. The third kappa shape index (κ3) is 2.90. The van der Waals surface area contributed by atoms with Crippen LogP contribution in [0, 0.1) is 0 Å². The summed E-state index contributed by atoms with van der Waals surface area (Å²) in [6.45, 7) is 2.26. The molecule has 1 atom stereocenters. The van der Waals surface area contributed by atoms with Crippen LogP contribution in [0.5, 0.6) is 0 Å². The molecular weight excluding hydrogens is 337 g/mol. The monoisotopic (exact) mass is 354 g/mol. The van der Waals surface area contributed by atoms with Gasteiger partial charge >= 0.3 is 127 Å².